The molecule has 66 valence electrons. The molecule has 0 spiro atoms. The topological polar surface area (TPSA) is 0 Å². The van der Waals surface area contributed by atoms with Gasteiger partial charge < -0.3 is 0 Å². The highest BCUT2D eigenvalue weighted by atomic mass is 14.0. The maximum Gasteiger partial charge on any atom is -0.0154 e. The summed E-state index contributed by atoms with van der Waals surface area (Å²) in [6.07, 6.45) is 9.08. The highest BCUT2D eigenvalue weighted by molar-refractivity contribution is 5.51. The number of benzene rings is 1. The molecule has 0 radical (unpaired) electrons. The second-order valence-corrected chi connectivity index (χ2v) is 3.35. The van der Waals surface area contributed by atoms with Crippen LogP contribution in [0.4, 0.5) is 0 Å². The Kier molecular flexibility index (Phi) is 2.31. The number of allylic oxidation sites excluding steroid dienone is 2. The molecular formula is C13H14. The van der Waals surface area contributed by atoms with Crippen molar-refractivity contribution in [2.45, 2.75) is 19.8 Å². The van der Waals surface area contributed by atoms with Gasteiger partial charge >= 0.3 is 0 Å². The van der Waals surface area contributed by atoms with Gasteiger partial charge in [0.1, 0.15) is 0 Å². The summed E-state index contributed by atoms with van der Waals surface area (Å²) in [5.74, 6) is 0. The summed E-state index contributed by atoms with van der Waals surface area (Å²) >= 11 is 0. The molecule has 0 atom stereocenters. The molecule has 0 aliphatic heterocycles. The van der Waals surface area contributed by atoms with E-state index in [1.807, 2.05) is 0 Å². The summed E-state index contributed by atoms with van der Waals surface area (Å²) in [6, 6.07) is 8.56. The molecule has 0 heterocycles. The average Bonchev–Trinajstić information content (AvgIpc) is 2.38. The Hall–Kier alpha value is -1.30. The first kappa shape index (κ1) is 8.31. The summed E-state index contributed by atoms with van der Waals surface area (Å²) in [4.78, 5) is 0. The molecule has 0 bridgehead atoms. The minimum absolute atomic E-state index is 1.07. The second-order valence-electron chi connectivity index (χ2n) is 3.35. The van der Waals surface area contributed by atoms with Gasteiger partial charge in [0.05, 0.1) is 0 Å². The van der Waals surface area contributed by atoms with E-state index < -0.39 is 0 Å². The lowest BCUT2D eigenvalue weighted by molar-refractivity contribution is 1.15. The van der Waals surface area contributed by atoms with Gasteiger partial charge in [0, 0.05) is 0 Å². The maximum absolute atomic E-state index is 2.31. The fourth-order valence-electron chi connectivity index (χ4n) is 1.67. The third kappa shape index (κ3) is 1.72. The number of rotatable bonds is 1. The second kappa shape index (κ2) is 3.61. The molecule has 13 heavy (non-hydrogen) atoms. The van der Waals surface area contributed by atoms with Crippen LogP contribution in [0.25, 0.3) is 12.2 Å². The van der Waals surface area contributed by atoms with Crippen molar-refractivity contribution in [3.8, 4) is 0 Å². The van der Waals surface area contributed by atoms with E-state index in [2.05, 4.69) is 49.4 Å². The zero-order valence-corrected chi connectivity index (χ0v) is 7.96. The highest BCUT2D eigenvalue weighted by Gasteiger charge is 1.93. The standard InChI is InChI=1S/C13H14/c1-2-11-6-5-9-12-7-3-4-8-13(12)10-11/h3-4,6-10H,2,5H2,1H3. The van der Waals surface area contributed by atoms with Gasteiger partial charge in [0.15, 0.2) is 0 Å². The lowest BCUT2D eigenvalue weighted by atomic mass is 10.1. The molecule has 0 saturated carbocycles. The Labute approximate surface area is 78.9 Å². The van der Waals surface area contributed by atoms with Crippen LogP contribution in [0.1, 0.15) is 19.8 Å². The summed E-state index contributed by atoms with van der Waals surface area (Å²) in [5.41, 5.74) is 1.45. The van der Waals surface area contributed by atoms with E-state index in [4.69, 9.17) is 0 Å². The van der Waals surface area contributed by atoms with Crippen molar-refractivity contribution in [2.75, 3.05) is 0 Å². The van der Waals surface area contributed by atoms with Crippen LogP contribution in [-0.4, -0.2) is 0 Å². The van der Waals surface area contributed by atoms with Crippen molar-refractivity contribution >= 4 is 12.2 Å². The van der Waals surface area contributed by atoms with Crippen LogP contribution in [0.15, 0.2) is 35.9 Å². The summed E-state index contributed by atoms with van der Waals surface area (Å²) in [5, 5.41) is 2.72. The first-order chi connectivity index (χ1) is 6.40. The summed E-state index contributed by atoms with van der Waals surface area (Å²) in [6.45, 7) is 2.20. The molecular weight excluding hydrogens is 156 g/mol. The molecule has 2 rings (SSSR count). The van der Waals surface area contributed by atoms with Gasteiger partial charge in [-0.15, -0.1) is 0 Å². The minimum Gasteiger partial charge on any atom is -0.0775 e. The maximum atomic E-state index is 2.31. The first-order valence-electron chi connectivity index (χ1n) is 4.86. The van der Waals surface area contributed by atoms with Gasteiger partial charge in [-0.2, -0.15) is 0 Å². The van der Waals surface area contributed by atoms with Crippen molar-refractivity contribution in [3.05, 3.63) is 46.4 Å². The predicted molar refractivity (Wildman–Crippen MR) is 57.6 cm³/mol. The summed E-state index contributed by atoms with van der Waals surface area (Å²) in [7, 11) is 0. The van der Waals surface area contributed by atoms with Gasteiger partial charge in [-0.25, -0.2) is 0 Å². The normalized spacial score (nSPS) is 14.7. The Morgan fingerprint density at radius 3 is 2.62 bits per heavy atom. The van der Waals surface area contributed by atoms with Gasteiger partial charge in [-0.3, -0.25) is 0 Å². The smallest absolute Gasteiger partial charge is 0.0154 e. The van der Waals surface area contributed by atoms with Crippen LogP contribution in [0.2, 0.25) is 0 Å². The Balaban J connectivity index is 2.64. The molecule has 0 N–H and O–H groups in total. The third-order valence-electron chi connectivity index (χ3n) is 2.46. The monoisotopic (exact) mass is 170 g/mol. The quantitative estimate of drug-likeness (QED) is 0.604. The minimum atomic E-state index is 1.07. The largest absolute Gasteiger partial charge is 0.0775 e. The van der Waals surface area contributed by atoms with Crippen LogP contribution >= 0.6 is 0 Å². The Morgan fingerprint density at radius 1 is 1.08 bits per heavy atom. The Morgan fingerprint density at radius 2 is 1.85 bits per heavy atom. The third-order valence-corrected chi connectivity index (χ3v) is 2.46. The first-order valence-corrected chi connectivity index (χ1v) is 4.86. The van der Waals surface area contributed by atoms with E-state index in [1.165, 1.54) is 16.0 Å². The lowest BCUT2D eigenvalue weighted by Gasteiger charge is -1.93. The molecule has 1 aromatic carbocycles. The molecule has 1 aliphatic carbocycles. The van der Waals surface area contributed by atoms with E-state index in [-0.39, 0.29) is 0 Å². The van der Waals surface area contributed by atoms with E-state index in [1.54, 1.807) is 0 Å². The molecule has 1 aromatic rings. The van der Waals surface area contributed by atoms with E-state index in [9.17, 15) is 0 Å². The van der Waals surface area contributed by atoms with Gasteiger partial charge in [0.25, 0.3) is 0 Å². The molecule has 0 heteroatoms. The van der Waals surface area contributed by atoms with E-state index in [0.717, 1.165) is 12.8 Å². The van der Waals surface area contributed by atoms with Gasteiger partial charge in [0.2, 0.25) is 0 Å². The van der Waals surface area contributed by atoms with Gasteiger partial charge in [-0.05, 0) is 23.3 Å². The molecule has 0 amide bonds. The number of hydrogen-bond acceptors (Lipinski definition) is 0. The highest BCUT2D eigenvalue weighted by Crippen LogP contribution is 2.05. The Bertz CT molecular complexity index is 435. The van der Waals surface area contributed by atoms with Crippen LogP contribution in [0, 0.1) is 0 Å². The average molecular weight is 170 g/mol. The van der Waals surface area contributed by atoms with E-state index >= 15 is 0 Å². The number of hydrogen-bond donors (Lipinski definition) is 0. The lowest BCUT2D eigenvalue weighted by Crippen LogP contribution is -2.22. The predicted octanol–water partition coefficient (Wildman–Crippen LogP) is 1.99. The molecule has 0 saturated heterocycles. The van der Waals surface area contributed by atoms with Crippen LogP contribution in [0.3, 0.4) is 0 Å². The molecule has 0 aromatic heterocycles. The fraction of sp³-hybridized carbons (Fsp3) is 0.231. The van der Waals surface area contributed by atoms with Gasteiger partial charge in [-0.1, -0.05) is 55.0 Å². The van der Waals surface area contributed by atoms with Crippen LogP contribution in [-0.2, 0) is 0 Å². The fourth-order valence-corrected chi connectivity index (χ4v) is 1.67. The van der Waals surface area contributed by atoms with Crippen molar-refractivity contribution in [1.82, 2.24) is 0 Å². The molecule has 0 nitrogen and oxygen atoms in total. The molecule has 0 unspecified atom stereocenters. The zero-order chi connectivity index (χ0) is 9.10. The van der Waals surface area contributed by atoms with Crippen molar-refractivity contribution < 1.29 is 0 Å². The SMILES string of the molecule is CCC1=CCC=c2ccccc2=C1. The van der Waals surface area contributed by atoms with Crippen molar-refractivity contribution in [3.63, 3.8) is 0 Å². The van der Waals surface area contributed by atoms with Crippen LogP contribution < -0.4 is 10.4 Å². The number of fused-ring (bicyclic) bond motifs is 1. The molecule has 0 fully saturated rings. The van der Waals surface area contributed by atoms with Crippen molar-refractivity contribution in [2.24, 2.45) is 0 Å². The van der Waals surface area contributed by atoms with E-state index in [0.29, 0.717) is 0 Å². The van der Waals surface area contributed by atoms with Crippen LogP contribution in [0.5, 0.6) is 0 Å². The molecule has 1 aliphatic rings. The zero-order valence-electron chi connectivity index (χ0n) is 7.96. The van der Waals surface area contributed by atoms with Crippen molar-refractivity contribution in [1.29, 1.82) is 0 Å². The summed E-state index contributed by atoms with van der Waals surface area (Å²) < 4.78 is 0.